The van der Waals surface area contributed by atoms with Gasteiger partial charge in [-0.25, -0.2) is 19.9 Å². The molecule has 4 N–H and O–H groups in total. The van der Waals surface area contributed by atoms with Crippen LogP contribution in [-0.4, -0.2) is 64.6 Å². The zero-order valence-electron chi connectivity index (χ0n) is 22.4. The lowest BCUT2D eigenvalue weighted by Crippen LogP contribution is -2.01. The van der Waals surface area contributed by atoms with Crippen LogP contribution in [0.3, 0.4) is 0 Å². The number of benzene rings is 2. The van der Waals surface area contributed by atoms with Gasteiger partial charge in [0.2, 0.25) is 0 Å². The lowest BCUT2D eigenvalue weighted by atomic mass is 10.1. The van der Waals surface area contributed by atoms with E-state index >= 15 is 0 Å². The fourth-order valence-electron chi connectivity index (χ4n) is 4.33. The molecule has 0 saturated heterocycles. The average Bonchev–Trinajstić information content (AvgIpc) is 3.04. The normalized spacial score (nSPS) is 12.5. The van der Waals surface area contributed by atoms with Gasteiger partial charge in [0, 0.05) is 21.5 Å². The van der Waals surface area contributed by atoms with E-state index in [1.165, 1.54) is 12.4 Å². The molecule has 12 heteroatoms. The summed E-state index contributed by atoms with van der Waals surface area (Å²) in [6, 6.07) is 22.5. The summed E-state index contributed by atoms with van der Waals surface area (Å²) in [5, 5.41) is 51.1. The van der Waals surface area contributed by atoms with E-state index in [2.05, 4.69) is 40.6 Å². The zero-order chi connectivity index (χ0) is 29.6. The van der Waals surface area contributed by atoms with Crippen molar-refractivity contribution in [1.82, 2.24) is 19.9 Å². The molecule has 12 nitrogen and oxygen atoms in total. The highest BCUT2D eigenvalue weighted by Gasteiger charge is 2.09. The third-order valence-corrected chi connectivity index (χ3v) is 6.50. The highest BCUT2D eigenvalue weighted by atomic mass is 16.4. The molecule has 0 unspecified atom stereocenters. The molecule has 4 aromatic heterocycles. The summed E-state index contributed by atoms with van der Waals surface area (Å²) in [6.45, 7) is 3.36. The van der Waals surface area contributed by atoms with Crippen molar-refractivity contribution in [3.05, 3.63) is 95.6 Å². The lowest BCUT2D eigenvalue weighted by molar-refractivity contribution is 0.318. The molecule has 0 saturated carbocycles. The molecule has 0 aliphatic carbocycles. The monoisotopic (exact) mass is 560 g/mol. The number of fused-ring (bicyclic) bond motifs is 6. The fourth-order valence-corrected chi connectivity index (χ4v) is 4.33. The maximum atomic E-state index is 8.91. The number of hydrogen-bond donors (Lipinski definition) is 4. The van der Waals surface area contributed by atoms with Crippen molar-refractivity contribution in [2.45, 2.75) is 13.8 Å². The minimum atomic E-state index is 0.433. The van der Waals surface area contributed by atoms with Crippen LogP contribution < -0.4 is 0 Å². The Hall–Kier alpha value is -6.04. The number of aromatic nitrogens is 4. The van der Waals surface area contributed by atoms with Crippen molar-refractivity contribution >= 4 is 67.5 Å². The van der Waals surface area contributed by atoms with Gasteiger partial charge >= 0.3 is 0 Å². The van der Waals surface area contributed by atoms with Crippen LogP contribution in [0.1, 0.15) is 36.6 Å². The van der Waals surface area contributed by atoms with Gasteiger partial charge in [-0.2, -0.15) is 0 Å². The third kappa shape index (κ3) is 5.49. The number of rotatable bonds is 4. The molecule has 0 bridgehead atoms. The third-order valence-electron chi connectivity index (χ3n) is 6.50. The molecule has 0 aliphatic rings. The second kappa shape index (κ2) is 12.0. The molecule has 2 aromatic carbocycles. The highest BCUT2D eigenvalue weighted by molar-refractivity contribution is 6.07. The standard InChI is InChI=1S/C16H14N4O2.C14H10N4O2/c1-9(19-21)13-7-5-11-3-4-12-6-8-14(10(2)20-22)18-16(12)15(11)17-13;19-15-7-11-5-3-9-1-2-10-4-6-12(8-16-20)18-14(10)13(9)17-11/h3-8,21-22H,1-2H3;1-8,19-20H/b19-9-,20-10-;15-7-,16-8-. The molecule has 42 heavy (non-hydrogen) atoms. The molecule has 6 aromatic rings. The number of oxime groups is 4. The van der Waals surface area contributed by atoms with Gasteiger partial charge in [0.05, 0.1) is 57.3 Å². The van der Waals surface area contributed by atoms with Crippen LogP contribution in [0.25, 0.3) is 43.6 Å². The van der Waals surface area contributed by atoms with Gasteiger partial charge in [0.1, 0.15) is 11.4 Å². The Balaban J connectivity index is 0.000000169. The summed E-state index contributed by atoms with van der Waals surface area (Å²) in [6.07, 6.45) is 2.52. The molecule has 0 fully saturated rings. The molecule has 0 radical (unpaired) electrons. The fraction of sp³-hybridized carbons (Fsp3) is 0.0667. The number of pyridine rings is 4. The van der Waals surface area contributed by atoms with Gasteiger partial charge in [-0.05, 0) is 38.1 Å². The van der Waals surface area contributed by atoms with E-state index in [0.717, 1.165) is 21.5 Å². The maximum Gasteiger partial charge on any atom is 0.102 e. The molecular formula is C30H24N8O4. The maximum absolute atomic E-state index is 8.91. The summed E-state index contributed by atoms with van der Waals surface area (Å²) in [4.78, 5) is 17.9. The quantitative estimate of drug-likeness (QED) is 0.0932. The molecule has 0 aliphatic heterocycles. The van der Waals surface area contributed by atoms with E-state index in [-0.39, 0.29) is 0 Å². The lowest BCUT2D eigenvalue weighted by Gasteiger charge is -2.06. The van der Waals surface area contributed by atoms with E-state index < -0.39 is 0 Å². The molecular weight excluding hydrogens is 536 g/mol. The zero-order valence-corrected chi connectivity index (χ0v) is 22.4. The smallest absolute Gasteiger partial charge is 0.102 e. The van der Waals surface area contributed by atoms with E-state index in [0.29, 0.717) is 56.3 Å². The summed E-state index contributed by atoms with van der Waals surface area (Å²) in [5.41, 5.74) is 5.94. The molecule has 4 heterocycles. The van der Waals surface area contributed by atoms with Gasteiger partial charge < -0.3 is 20.8 Å². The summed E-state index contributed by atoms with van der Waals surface area (Å²) in [5.74, 6) is 0. The number of hydrogen-bond acceptors (Lipinski definition) is 12. The van der Waals surface area contributed by atoms with Gasteiger partial charge in [0.25, 0.3) is 0 Å². The largest absolute Gasteiger partial charge is 0.411 e. The highest BCUT2D eigenvalue weighted by Crippen LogP contribution is 2.24. The van der Waals surface area contributed by atoms with E-state index in [4.69, 9.17) is 20.8 Å². The van der Waals surface area contributed by atoms with Gasteiger partial charge in [-0.15, -0.1) is 0 Å². The first-order chi connectivity index (χ1) is 20.4. The van der Waals surface area contributed by atoms with Crippen LogP contribution in [0.5, 0.6) is 0 Å². The topological polar surface area (TPSA) is 182 Å². The predicted molar refractivity (Wildman–Crippen MR) is 161 cm³/mol. The van der Waals surface area contributed by atoms with Crippen LogP contribution in [0.4, 0.5) is 0 Å². The van der Waals surface area contributed by atoms with E-state index in [1.54, 1.807) is 38.1 Å². The van der Waals surface area contributed by atoms with Crippen LogP contribution >= 0.6 is 0 Å². The van der Waals surface area contributed by atoms with Crippen molar-refractivity contribution in [2.75, 3.05) is 0 Å². The Morgan fingerprint density at radius 2 is 0.786 bits per heavy atom. The SMILES string of the molecule is C/C(=N/O)c1ccc2ccc3ccc(/C(C)=N\O)nc3c2n1.O/N=C\c1ccc2ccc3ccc(/C=N\O)nc3c2n1. The Bertz CT molecular complexity index is 1930. The van der Waals surface area contributed by atoms with E-state index in [1.807, 2.05) is 48.5 Å². The van der Waals surface area contributed by atoms with Crippen LogP contribution in [-0.2, 0) is 0 Å². The molecule has 0 amide bonds. The van der Waals surface area contributed by atoms with Crippen molar-refractivity contribution in [3.63, 3.8) is 0 Å². The van der Waals surface area contributed by atoms with E-state index in [9.17, 15) is 0 Å². The van der Waals surface area contributed by atoms with Crippen molar-refractivity contribution in [2.24, 2.45) is 20.6 Å². The first-order valence-corrected chi connectivity index (χ1v) is 12.6. The minimum absolute atomic E-state index is 0.433. The van der Waals surface area contributed by atoms with Gasteiger partial charge in [0.15, 0.2) is 0 Å². The van der Waals surface area contributed by atoms with Crippen LogP contribution in [0.15, 0.2) is 93.4 Å². The Morgan fingerprint density at radius 1 is 0.476 bits per heavy atom. The van der Waals surface area contributed by atoms with Crippen LogP contribution in [0, 0.1) is 0 Å². The predicted octanol–water partition coefficient (Wildman–Crippen LogP) is 5.58. The van der Waals surface area contributed by atoms with Crippen molar-refractivity contribution < 1.29 is 20.8 Å². The average molecular weight is 561 g/mol. The van der Waals surface area contributed by atoms with Crippen molar-refractivity contribution in [1.29, 1.82) is 0 Å². The summed E-state index contributed by atoms with van der Waals surface area (Å²) in [7, 11) is 0. The summed E-state index contributed by atoms with van der Waals surface area (Å²) >= 11 is 0. The Morgan fingerprint density at radius 3 is 1.12 bits per heavy atom. The first kappa shape index (κ1) is 27.5. The molecule has 0 spiro atoms. The Labute approximate surface area is 238 Å². The number of nitrogens with zero attached hydrogens (tertiary/aromatic N) is 8. The Kier molecular flexibility index (Phi) is 7.87. The van der Waals surface area contributed by atoms with Crippen molar-refractivity contribution in [3.8, 4) is 0 Å². The first-order valence-electron chi connectivity index (χ1n) is 12.6. The molecule has 0 atom stereocenters. The van der Waals surface area contributed by atoms with Gasteiger partial charge in [-0.1, -0.05) is 69.2 Å². The molecule has 208 valence electrons. The second-order valence-electron chi connectivity index (χ2n) is 9.14. The van der Waals surface area contributed by atoms with Crippen LogP contribution in [0.2, 0.25) is 0 Å². The summed E-state index contributed by atoms with van der Waals surface area (Å²) < 4.78 is 0. The van der Waals surface area contributed by atoms with Gasteiger partial charge in [-0.3, -0.25) is 0 Å². The minimum Gasteiger partial charge on any atom is -0.411 e. The second-order valence-corrected chi connectivity index (χ2v) is 9.14. The molecule has 6 rings (SSSR count).